The maximum Gasteiger partial charge on any atom is 0.00617 e. The molecule has 0 aliphatic rings. The first-order chi connectivity index (χ1) is 4.18. The summed E-state index contributed by atoms with van der Waals surface area (Å²) in [4.78, 5) is 0. The van der Waals surface area contributed by atoms with Crippen LogP contribution in [0.3, 0.4) is 0 Å². The van der Waals surface area contributed by atoms with Crippen LogP contribution in [0.25, 0.3) is 0 Å². The van der Waals surface area contributed by atoms with Crippen LogP contribution in [0.2, 0.25) is 0 Å². The molecule has 56 valence electrons. The van der Waals surface area contributed by atoms with E-state index in [1.807, 2.05) is 0 Å². The number of rotatable bonds is 4. The molecule has 0 aromatic heterocycles. The van der Waals surface area contributed by atoms with Crippen molar-refractivity contribution in [3.05, 3.63) is 0 Å². The van der Waals surface area contributed by atoms with Crippen LogP contribution in [0, 0.1) is 5.92 Å². The lowest BCUT2D eigenvalue weighted by molar-refractivity contribution is 0.428. The van der Waals surface area contributed by atoms with Gasteiger partial charge in [-0.2, -0.15) is 0 Å². The van der Waals surface area contributed by atoms with Gasteiger partial charge in [0.15, 0.2) is 0 Å². The highest BCUT2D eigenvalue weighted by Crippen LogP contribution is 1.98. The van der Waals surface area contributed by atoms with Crippen LogP contribution in [0.5, 0.6) is 0 Å². The second-order valence-electron chi connectivity index (χ2n) is 2.99. The summed E-state index contributed by atoms with van der Waals surface area (Å²) in [6.45, 7) is 10.1. The smallest absolute Gasteiger partial charge is 0.00617 e. The van der Waals surface area contributed by atoms with E-state index < -0.39 is 0 Å². The Labute approximate surface area is 58.8 Å². The minimum atomic E-state index is 0.671. The third-order valence-corrected chi connectivity index (χ3v) is 1.72. The molecule has 0 saturated carbocycles. The van der Waals surface area contributed by atoms with Gasteiger partial charge in [0.1, 0.15) is 0 Å². The average molecular weight is 129 g/mol. The molecule has 0 saturated heterocycles. The van der Waals surface area contributed by atoms with Gasteiger partial charge in [-0.05, 0) is 25.8 Å². The van der Waals surface area contributed by atoms with Crippen molar-refractivity contribution in [1.82, 2.24) is 5.32 Å². The first-order valence-corrected chi connectivity index (χ1v) is 3.91. The third kappa shape index (κ3) is 4.46. The van der Waals surface area contributed by atoms with Crippen LogP contribution in [-0.4, -0.2) is 12.6 Å². The maximum atomic E-state index is 3.43. The molecule has 1 atom stereocenters. The quantitative estimate of drug-likeness (QED) is 0.612. The van der Waals surface area contributed by atoms with E-state index in [1.54, 1.807) is 0 Å². The van der Waals surface area contributed by atoms with Crippen molar-refractivity contribution >= 4 is 0 Å². The largest absolute Gasteiger partial charge is 0.314 e. The Morgan fingerprint density at radius 3 is 2.11 bits per heavy atom. The molecule has 0 amide bonds. The van der Waals surface area contributed by atoms with Gasteiger partial charge in [-0.15, -0.1) is 0 Å². The molecule has 0 aromatic carbocycles. The highest BCUT2D eigenvalue weighted by molar-refractivity contribution is 4.62. The normalized spacial score (nSPS) is 14.3. The summed E-state index contributed by atoms with van der Waals surface area (Å²) in [6, 6.07) is 0.671. The molecule has 9 heavy (non-hydrogen) atoms. The Morgan fingerprint density at radius 2 is 1.78 bits per heavy atom. The topological polar surface area (TPSA) is 12.0 Å². The summed E-state index contributed by atoms with van der Waals surface area (Å²) >= 11 is 0. The number of nitrogens with one attached hydrogen (secondary N) is 1. The first kappa shape index (κ1) is 8.96. The Morgan fingerprint density at radius 1 is 1.22 bits per heavy atom. The fourth-order valence-electron chi connectivity index (χ4n) is 0.608. The van der Waals surface area contributed by atoms with Gasteiger partial charge in [0.25, 0.3) is 0 Å². The summed E-state index contributed by atoms with van der Waals surface area (Å²) in [5.74, 6) is 0.761. The molecule has 1 nitrogen and oxygen atoms in total. The zero-order chi connectivity index (χ0) is 7.28. The lowest BCUT2D eigenvalue weighted by atomic mass is 10.1. The Hall–Kier alpha value is -0.0400. The molecule has 1 heteroatoms. The standard InChI is InChI=1S/C8H19N/c1-5-6-9-8(4)7(2)3/h7-9H,5-6H2,1-4H3/t8-/m0/s1. The molecule has 0 unspecified atom stereocenters. The highest BCUT2D eigenvalue weighted by Gasteiger charge is 2.03. The van der Waals surface area contributed by atoms with E-state index in [-0.39, 0.29) is 0 Å². The van der Waals surface area contributed by atoms with Gasteiger partial charge in [-0.3, -0.25) is 0 Å². The lowest BCUT2D eigenvalue weighted by Crippen LogP contribution is -2.31. The molecular weight excluding hydrogens is 110 g/mol. The second kappa shape index (κ2) is 4.80. The van der Waals surface area contributed by atoms with Crippen LogP contribution in [0.1, 0.15) is 34.1 Å². The number of hydrogen-bond donors (Lipinski definition) is 1. The van der Waals surface area contributed by atoms with Crippen molar-refractivity contribution in [2.24, 2.45) is 5.92 Å². The van der Waals surface area contributed by atoms with Crippen LogP contribution < -0.4 is 5.32 Å². The van der Waals surface area contributed by atoms with Crippen molar-refractivity contribution in [2.45, 2.75) is 40.2 Å². The minimum Gasteiger partial charge on any atom is -0.314 e. The summed E-state index contributed by atoms with van der Waals surface area (Å²) in [7, 11) is 0. The van der Waals surface area contributed by atoms with E-state index in [0.717, 1.165) is 12.5 Å². The van der Waals surface area contributed by atoms with Gasteiger partial charge in [0.05, 0.1) is 0 Å². The van der Waals surface area contributed by atoms with E-state index in [9.17, 15) is 0 Å². The maximum absolute atomic E-state index is 3.43. The summed E-state index contributed by atoms with van der Waals surface area (Å²) in [5.41, 5.74) is 0. The van der Waals surface area contributed by atoms with Gasteiger partial charge >= 0.3 is 0 Å². The Bertz CT molecular complexity index is 59.6. The van der Waals surface area contributed by atoms with Crippen molar-refractivity contribution in [3.63, 3.8) is 0 Å². The summed E-state index contributed by atoms with van der Waals surface area (Å²) < 4.78 is 0. The average Bonchev–Trinajstić information content (AvgIpc) is 1.82. The van der Waals surface area contributed by atoms with Gasteiger partial charge in [0.2, 0.25) is 0 Å². The zero-order valence-electron chi connectivity index (χ0n) is 7.07. The Balaban J connectivity index is 3.16. The molecule has 0 aromatic rings. The van der Waals surface area contributed by atoms with Crippen LogP contribution in [-0.2, 0) is 0 Å². The molecule has 0 bridgehead atoms. The van der Waals surface area contributed by atoms with Crippen molar-refractivity contribution < 1.29 is 0 Å². The van der Waals surface area contributed by atoms with E-state index >= 15 is 0 Å². The van der Waals surface area contributed by atoms with Crippen LogP contribution in [0.4, 0.5) is 0 Å². The van der Waals surface area contributed by atoms with E-state index in [2.05, 4.69) is 33.0 Å². The van der Waals surface area contributed by atoms with Crippen molar-refractivity contribution in [2.75, 3.05) is 6.54 Å². The van der Waals surface area contributed by atoms with E-state index in [1.165, 1.54) is 6.42 Å². The van der Waals surface area contributed by atoms with E-state index in [0.29, 0.717) is 6.04 Å². The Kier molecular flexibility index (Phi) is 4.78. The molecule has 0 aliphatic carbocycles. The van der Waals surface area contributed by atoms with Gasteiger partial charge in [-0.1, -0.05) is 20.8 Å². The van der Waals surface area contributed by atoms with E-state index in [4.69, 9.17) is 0 Å². The number of hydrogen-bond acceptors (Lipinski definition) is 1. The predicted octanol–water partition coefficient (Wildman–Crippen LogP) is 2.03. The van der Waals surface area contributed by atoms with Crippen LogP contribution in [0.15, 0.2) is 0 Å². The molecule has 0 radical (unpaired) electrons. The summed E-state index contributed by atoms with van der Waals surface area (Å²) in [5, 5.41) is 3.43. The fraction of sp³-hybridized carbons (Fsp3) is 1.00. The second-order valence-corrected chi connectivity index (χ2v) is 2.99. The van der Waals surface area contributed by atoms with Gasteiger partial charge < -0.3 is 5.32 Å². The third-order valence-electron chi connectivity index (χ3n) is 1.72. The molecular formula is C8H19N. The van der Waals surface area contributed by atoms with Crippen LogP contribution >= 0.6 is 0 Å². The molecule has 1 N–H and O–H groups in total. The molecule has 0 spiro atoms. The van der Waals surface area contributed by atoms with Gasteiger partial charge in [-0.25, -0.2) is 0 Å². The fourth-order valence-corrected chi connectivity index (χ4v) is 0.608. The summed E-state index contributed by atoms with van der Waals surface area (Å²) in [6.07, 6.45) is 1.23. The first-order valence-electron chi connectivity index (χ1n) is 3.91. The molecule has 0 aliphatic heterocycles. The van der Waals surface area contributed by atoms with Crippen molar-refractivity contribution in [3.8, 4) is 0 Å². The van der Waals surface area contributed by atoms with Gasteiger partial charge in [0, 0.05) is 6.04 Å². The SMILES string of the molecule is CCCN[C@@H](C)C(C)C. The molecule has 0 fully saturated rings. The van der Waals surface area contributed by atoms with Crippen molar-refractivity contribution in [1.29, 1.82) is 0 Å². The highest BCUT2D eigenvalue weighted by atomic mass is 14.9. The molecule has 0 rings (SSSR count). The minimum absolute atomic E-state index is 0.671. The zero-order valence-corrected chi connectivity index (χ0v) is 7.07. The monoisotopic (exact) mass is 129 g/mol. The lowest BCUT2D eigenvalue weighted by Gasteiger charge is -2.16. The predicted molar refractivity (Wildman–Crippen MR) is 42.6 cm³/mol. The molecule has 0 heterocycles.